The van der Waals surface area contributed by atoms with Crippen LogP contribution in [0.2, 0.25) is 0 Å². The Labute approximate surface area is 169 Å². The molecule has 1 aliphatic carbocycles. The van der Waals surface area contributed by atoms with Gasteiger partial charge < -0.3 is 4.90 Å². The molecule has 0 unspecified atom stereocenters. The molecule has 0 aromatic carbocycles. The summed E-state index contributed by atoms with van der Waals surface area (Å²) in [5.41, 5.74) is 1.36. The molecule has 0 aromatic heterocycles. The van der Waals surface area contributed by atoms with E-state index in [9.17, 15) is 0 Å². The van der Waals surface area contributed by atoms with Crippen molar-refractivity contribution in [2.24, 2.45) is 5.41 Å². The zero-order valence-electron chi connectivity index (χ0n) is 19.5. The third kappa shape index (κ3) is 5.08. The Balaban J connectivity index is 1.46. The minimum atomic E-state index is 0.336. The van der Waals surface area contributed by atoms with Crippen LogP contribution < -0.4 is 0 Å². The molecule has 158 valence electrons. The number of hydrogen-bond donors (Lipinski definition) is 0. The van der Waals surface area contributed by atoms with Crippen molar-refractivity contribution in [1.29, 1.82) is 0 Å². The lowest BCUT2D eigenvalue weighted by Crippen LogP contribution is -2.53. The van der Waals surface area contributed by atoms with E-state index in [0.717, 1.165) is 12.1 Å². The van der Waals surface area contributed by atoms with E-state index in [0.29, 0.717) is 16.5 Å². The van der Waals surface area contributed by atoms with Gasteiger partial charge in [-0.2, -0.15) is 0 Å². The summed E-state index contributed by atoms with van der Waals surface area (Å²) >= 11 is 0. The molecule has 3 heteroatoms. The van der Waals surface area contributed by atoms with Gasteiger partial charge in [-0.15, -0.1) is 0 Å². The van der Waals surface area contributed by atoms with Gasteiger partial charge in [-0.25, -0.2) is 0 Å². The summed E-state index contributed by atoms with van der Waals surface area (Å²) in [6.45, 7) is 19.4. The first-order valence-corrected chi connectivity index (χ1v) is 11.7. The molecule has 0 amide bonds. The van der Waals surface area contributed by atoms with Crippen LogP contribution in [-0.2, 0) is 0 Å². The maximum Gasteiger partial charge on any atom is 0.0125 e. The standard InChI is InChI=1S/C24H47N3/c1-22(2,3)26-16-10-21(11-17-26)25(7)20-8-12-24(13-9-20)14-18-27(19-15-24)23(4,5)6/h20-21H,8-19H2,1-7H3. The van der Waals surface area contributed by atoms with Crippen molar-refractivity contribution in [3.05, 3.63) is 0 Å². The van der Waals surface area contributed by atoms with Gasteiger partial charge in [0.15, 0.2) is 0 Å². The first-order chi connectivity index (χ1) is 12.5. The Bertz CT molecular complexity index is 461. The van der Waals surface area contributed by atoms with Gasteiger partial charge in [0.25, 0.3) is 0 Å². The summed E-state index contributed by atoms with van der Waals surface area (Å²) in [5.74, 6) is 0. The molecule has 3 nitrogen and oxygen atoms in total. The van der Waals surface area contributed by atoms with Crippen LogP contribution in [0.15, 0.2) is 0 Å². The summed E-state index contributed by atoms with van der Waals surface area (Å²) in [7, 11) is 2.43. The van der Waals surface area contributed by atoms with Crippen LogP contribution in [0, 0.1) is 5.41 Å². The van der Waals surface area contributed by atoms with Gasteiger partial charge in [0.05, 0.1) is 0 Å². The molecule has 3 aliphatic rings. The third-order valence-electron chi connectivity index (χ3n) is 8.35. The molecule has 1 spiro atoms. The Kier molecular flexibility index (Phi) is 6.36. The highest BCUT2D eigenvalue weighted by atomic mass is 15.2. The minimum Gasteiger partial charge on any atom is -0.300 e. The van der Waals surface area contributed by atoms with Crippen molar-refractivity contribution in [1.82, 2.24) is 14.7 Å². The lowest BCUT2D eigenvalue weighted by molar-refractivity contribution is -0.00814. The van der Waals surface area contributed by atoms with Crippen LogP contribution in [-0.4, -0.2) is 71.1 Å². The fourth-order valence-electron chi connectivity index (χ4n) is 6.02. The molecule has 0 aromatic rings. The molecule has 2 saturated heterocycles. The predicted molar refractivity (Wildman–Crippen MR) is 117 cm³/mol. The average Bonchev–Trinajstić information content (AvgIpc) is 2.61. The van der Waals surface area contributed by atoms with Gasteiger partial charge >= 0.3 is 0 Å². The lowest BCUT2D eigenvalue weighted by Gasteiger charge is -2.51. The average molecular weight is 378 g/mol. The maximum atomic E-state index is 2.79. The molecule has 3 fully saturated rings. The molecule has 3 rings (SSSR count). The largest absolute Gasteiger partial charge is 0.300 e. The topological polar surface area (TPSA) is 9.72 Å². The zero-order chi connectivity index (χ0) is 19.9. The molecule has 27 heavy (non-hydrogen) atoms. The molecule has 0 radical (unpaired) electrons. The van der Waals surface area contributed by atoms with Crippen molar-refractivity contribution < 1.29 is 0 Å². The Morgan fingerprint density at radius 2 is 1.04 bits per heavy atom. The van der Waals surface area contributed by atoms with Gasteiger partial charge in [-0.1, -0.05) is 0 Å². The van der Waals surface area contributed by atoms with Crippen molar-refractivity contribution in [3.8, 4) is 0 Å². The molecular formula is C24H47N3. The van der Waals surface area contributed by atoms with Crippen molar-refractivity contribution in [2.75, 3.05) is 33.2 Å². The summed E-state index contributed by atoms with van der Waals surface area (Å²) < 4.78 is 0. The second-order valence-corrected chi connectivity index (χ2v) is 11.9. The van der Waals surface area contributed by atoms with E-state index in [-0.39, 0.29) is 0 Å². The van der Waals surface area contributed by atoms with Gasteiger partial charge in [0, 0.05) is 36.3 Å². The fraction of sp³-hybridized carbons (Fsp3) is 1.00. The highest BCUT2D eigenvalue weighted by molar-refractivity contribution is 4.95. The van der Waals surface area contributed by atoms with Gasteiger partial charge in [0.1, 0.15) is 0 Å². The number of nitrogens with zero attached hydrogens (tertiary/aromatic N) is 3. The van der Waals surface area contributed by atoms with Crippen LogP contribution in [0.25, 0.3) is 0 Å². The van der Waals surface area contributed by atoms with E-state index in [1.54, 1.807) is 0 Å². The molecule has 2 heterocycles. The van der Waals surface area contributed by atoms with Crippen molar-refractivity contribution >= 4 is 0 Å². The summed E-state index contributed by atoms with van der Waals surface area (Å²) in [6, 6.07) is 1.65. The number of hydrogen-bond acceptors (Lipinski definition) is 3. The number of likely N-dealkylation sites (tertiary alicyclic amines) is 2. The van der Waals surface area contributed by atoms with E-state index >= 15 is 0 Å². The normalized spacial score (nSPS) is 27.6. The first kappa shape index (κ1) is 21.6. The van der Waals surface area contributed by atoms with E-state index in [4.69, 9.17) is 0 Å². The zero-order valence-corrected chi connectivity index (χ0v) is 19.5. The van der Waals surface area contributed by atoms with Gasteiger partial charge in [0.2, 0.25) is 0 Å². The van der Waals surface area contributed by atoms with E-state index in [1.165, 1.54) is 77.5 Å². The smallest absolute Gasteiger partial charge is 0.0125 e. The molecule has 0 atom stereocenters. The Morgan fingerprint density at radius 1 is 0.630 bits per heavy atom. The SMILES string of the molecule is CN(C1CCN(C(C)(C)C)CC1)C1CCC2(CC1)CCN(C(C)(C)C)CC2. The quantitative estimate of drug-likeness (QED) is 0.670. The maximum absolute atomic E-state index is 2.79. The number of piperidine rings is 2. The molecular weight excluding hydrogens is 330 g/mol. The lowest BCUT2D eigenvalue weighted by atomic mass is 9.66. The number of rotatable bonds is 2. The second-order valence-electron chi connectivity index (χ2n) is 11.9. The molecule has 0 bridgehead atoms. The van der Waals surface area contributed by atoms with Crippen LogP contribution in [0.3, 0.4) is 0 Å². The molecule has 2 aliphatic heterocycles. The van der Waals surface area contributed by atoms with Crippen molar-refractivity contribution in [3.63, 3.8) is 0 Å². The molecule has 0 N–H and O–H groups in total. The van der Waals surface area contributed by atoms with E-state index in [2.05, 4.69) is 63.3 Å². The third-order valence-corrected chi connectivity index (χ3v) is 8.35. The summed E-state index contributed by atoms with van der Waals surface area (Å²) in [5, 5.41) is 0. The highest BCUT2D eigenvalue weighted by Crippen LogP contribution is 2.46. The summed E-state index contributed by atoms with van der Waals surface area (Å²) in [4.78, 5) is 8.17. The second kappa shape index (κ2) is 7.95. The van der Waals surface area contributed by atoms with Crippen LogP contribution >= 0.6 is 0 Å². The van der Waals surface area contributed by atoms with E-state index < -0.39 is 0 Å². The summed E-state index contributed by atoms with van der Waals surface area (Å²) in [6.07, 6.45) is 11.4. The monoisotopic (exact) mass is 377 g/mol. The predicted octanol–water partition coefficient (Wildman–Crippen LogP) is 5.00. The highest BCUT2D eigenvalue weighted by Gasteiger charge is 2.41. The Morgan fingerprint density at radius 3 is 1.48 bits per heavy atom. The van der Waals surface area contributed by atoms with Crippen LogP contribution in [0.4, 0.5) is 0 Å². The van der Waals surface area contributed by atoms with E-state index in [1.807, 2.05) is 0 Å². The van der Waals surface area contributed by atoms with Gasteiger partial charge in [-0.3, -0.25) is 9.80 Å². The fourth-order valence-corrected chi connectivity index (χ4v) is 6.02. The van der Waals surface area contributed by atoms with Crippen molar-refractivity contribution in [2.45, 2.75) is 116 Å². The first-order valence-electron chi connectivity index (χ1n) is 11.7. The van der Waals surface area contributed by atoms with Gasteiger partial charge in [-0.05, 0) is 118 Å². The van der Waals surface area contributed by atoms with Crippen LogP contribution in [0.5, 0.6) is 0 Å². The minimum absolute atomic E-state index is 0.336. The molecule has 1 saturated carbocycles. The van der Waals surface area contributed by atoms with Crippen LogP contribution in [0.1, 0.15) is 92.9 Å². The Hall–Kier alpha value is -0.120.